The summed E-state index contributed by atoms with van der Waals surface area (Å²) < 4.78 is 27.4. The van der Waals surface area contributed by atoms with Gasteiger partial charge in [-0.2, -0.15) is 0 Å². The first-order valence-corrected chi connectivity index (χ1v) is 8.32. The van der Waals surface area contributed by atoms with Crippen LogP contribution in [0.15, 0.2) is 30.3 Å². The highest BCUT2D eigenvalue weighted by molar-refractivity contribution is 5.89. The topological polar surface area (TPSA) is 104 Å². The normalized spacial score (nSPS) is 36.2. The summed E-state index contributed by atoms with van der Waals surface area (Å²) in [7, 11) is 0. The second kappa shape index (κ2) is 6.07. The summed E-state index contributed by atoms with van der Waals surface area (Å²) in [5.41, 5.74) is -0.661. The Kier molecular flexibility index (Phi) is 3.96. The fraction of sp³-hybridized carbons (Fsp3) is 0.500. The molecule has 0 unspecified atom stereocenters. The third-order valence-corrected chi connectivity index (χ3v) is 4.77. The van der Waals surface area contributed by atoms with Crippen LogP contribution in [-0.4, -0.2) is 60.6 Å². The number of ether oxygens (including phenoxy) is 5. The van der Waals surface area contributed by atoms with Crippen LogP contribution in [0.2, 0.25) is 0 Å². The first-order chi connectivity index (χ1) is 12.4. The lowest BCUT2D eigenvalue weighted by molar-refractivity contribution is -0.175. The van der Waals surface area contributed by atoms with Gasteiger partial charge in [0.2, 0.25) is 0 Å². The molecule has 2 heterocycles. The second-order valence-corrected chi connectivity index (χ2v) is 6.60. The predicted octanol–water partition coefficient (Wildman–Crippen LogP) is 0.625. The van der Waals surface area contributed by atoms with Crippen LogP contribution in [0.25, 0.3) is 0 Å². The number of benzene rings is 1. The van der Waals surface area contributed by atoms with Crippen molar-refractivity contribution < 1.29 is 38.1 Å². The lowest BCUT2D eigenvalue weighted by Gasteiger charge is -2.32. The zero-order valence-corrected chi connectivity index (χ0v) is 14.2. The first-order valence-electron chi connectivity index (χ1n) is 8.32. The fourth-order valence-electron chi connectivity index (χ4n) is 3.57. The lowest BCUT2D eigenvalue weighted by atomic mass is 9.84. The van der Waals surface area contributed by atoms with Gasteiger partial charge in [0.25, 0.3) is 0 Å². The Hall–Kier alpha value is -2.45. The van der Waals surface area contributed by atoms with Crippen molar-refractivity contribution in [3.8, 4) is 0 Å². The van der Waals surface area contributed by atoms with Crippen molar-refractivity contribution in [3.63, 3.8) is 0 Å². The van der Waals surface area contributed by atoms with E-state index in [0.29, 0.717) is 5.56 Å². The standard InChI is InChI=1S/C18H18O8/c1-9(19)23-13-12-14(25-12)16-18(26-16,15(13)24-10(2)20)8-22-17(21)11-6-4-3-5-7-11/h3-7,12-16H,8H2,1-2H3/t12-,13-,14+,15+,16+,18+/m0/s1. The summed E-state index contributed by atoms with van der Waals surface area (Å²) in [5, 5.41) is 0. The molecule has 2 saturated heterocycles. The molecule has 1 saturated carbocycles. The summed E-state index contributed by atoms with van der Waals surface area (Å²) >= 11 is 0. The minimum absolute atomic E-state index is 0.131. The van der Waals surface area contributed by atoms with Gasteiger partial charge in [-0.05, 0) is 12.1 Å². The molecule has 0 N–H and O–H groups in total. The van der Waals surface area contributed by atoms with E-state index in [2.05, 4.69) is 0 Å². The summed E-state index contributed by atoms with van der Waals surface area (Å²) in [5.74, 6) is -1.58. The Morgan fingerprint density at radius 2 is 1.73 bits per heavy atom. The minimum Gasteiger partial charge on any atom is -0.459 e. The first kappa shape index (κ1) is 17.0. The highest BCUT2D eigenvalue weighted by Gasteiger charge is 2.81. The average Bonchev–Trinajstić information content (AvgIpc) is 3.49. The highest BCUT2D eigenvalue weighted by atomic mass is 16.7. The molecule has 8 heteroatoms. The van der Waals surface area contributed by atoms with Crippen LogP contribution in [0.5, 0.6) is 0 Å². The van der Waals surface area contributed by atoms with Gasteiger partial charge in [0, 0.05) is 13.8 Å². The van der Waals surface area contributed by atoms with Crippen molar-refractivity contribution in [2.45, 2.75) is 50.0 Å². The van der Waals surface area contributed by atoms with Gasteiger partial charge in [-0.3, -0.25) is 9.59 Å². The van der Waals surface area contributed by atoms with Crippen LogP contribution in [0.3, 0.4) is 0 Å². The monoisotopic (exact) mass is 362 g/mol. The lowest BCUT2D eigenvalue weighted by Crippen LogP contribution is -2.55. The molecule has 1 aromatic carbocycles. The highest BCUT2D eigenvalue weighted by Crippen LogP contribution is 2.57. The van der Waals surface area contributed by atoms with Crippen LogP contribution in [-0.2, 0) is 33.3 Å². The molecule has 3 aliphatic rings. The Labute approximate surface area is 149 Å². The van der Waals surface area contributed by atoms with Crippen LogP contribution < -0.4 is 0 Å². The van der Waals surface area contributed by atoms with Crippen LogP contribution >= 0.6 is 0 Å². The van der Waals surface area contributed by atoms with Gasteiger partial charge in [0.1, 0.15) is 24.9 Å². The maximum atomic E-state index is 12.2. The SMILES string of the molecule is CC(=O)O[C@H]1[C@@H]2O[C@H]2[C@H]2O[C@]2(COC(=O)c2ccccc2)[C@@H]1OC(C)=O. The second-order valence-electron chi connectivity index (χ2n) is 6.60. The molecule has 3 fully saturated rings. The van der Waals surface area contributed by atoms with Gasteiger partial charge in [-0.15, -0.1) is 0 Å². The Bertz CT molecular complexity index is 747. The van der Waals surface area contributed by atoms with Crippen molar-refractivity contribution >= 4 is 17.9 Å². The summed E-state index contributed by atoms with van der Waals surface area (Å²) in [6.07, 6.45) is -2.71. The Balaban J connectivity index is 1.52. The number of epoxide rings is 2. The number of carbonyl (C=O) groups is 3. The van der Waals surface area contributed by atoms with Gasteiger partial charge in [0.05, 0.1) is 5.56 Å². The van der Waals surface area contributed by atoms with Gasteiger partial charge >= 0.3 is 17.9 Å². The van der Waals surface area contributed by atoms with Crippen LogP contribution in [0.4, 0.5) is 0 Å². The molecule has 138 valence electrons. The van der Waals surface area contributed by atoms with E-state index < -0.39 is 35.7 Å². The molecule has 0 aromatic heterocycles. The van der Waals surface area contributed by atoms with Crippen molar-refractivity contribution in [3.05, 3.63) is 35.9 Å². The molecule has 0 spiro atoms. The van der Waals surface area contributed by atoms with E-state index in [-0.39, 0.29) is 24.9 Å². The maximum absolute atomic E-state index is 12.2. The van der Waals surface area contributed by atoms with Crippen molar-refractivity contribution in [1.82, 2.24) is 0 Å². The molecule has 6 atom stereocenters. The largest absolute Gasteiger partial charge is 0.459 e. The number of carbonyl (C=O) groups excluding carboxylic acids is 3. The molecule has 1 aliphatic carbocycles. The summed E-state index contributed by atoms with van der Waals surface area (Å²) in [6.45, 7) is 2.39. The van der Waals surface area contributed by atoms with Crippen molar-refractivity contribution in [2.24, 2.45) is 0 Å². The molecule has 8 nitrogen and oxygen atoms in total. The Morgan fingerprint density at radius 3 is 2.38 bits per heavy atom. The summed E-state index contributed by atoms with van der Waals surface area (Å²) in [6, 6.07) is 8.52. The van der Waals surface area contributed by atoms with E-state index in [9.17, 15) is 14.4 Å². The van der Waals surface area contributed by atoms with Crippen LogP contribution in [0.1, 0.15) is 24.2 Å². The predicted molar refractivity (Wildman–Crippen MR) is 84.1 cm³/mol. The number of fused-ring (bicyclic) bond motifs is 3. The Morgan fingerprint density at radius 1 is 1.04 bits per heavy atom. The third kappa shape index (κ3) is 2.85. The van der Waals surface area contributed by atoms with E-state index in [0.717, 1.165) is 0 Å². The molecule has 26 heavy (non-hydrogen) atoms. The number of rotatable bonds is 5. The molecule has 2 aliphatic heterocycles. The molecule has 1 aromatic rings. The molecule has 0 amide bonds. The van der Waals surface area contributed by atoms with Gasteiger partial charge in [-0.1, -0.05) is 18.2 Å². The van der Waals surface area contributed by atoms with E-state index in [1.54, 1.807) is 30.3 Å². The molecule has 0 radical (unpaired) electrons. The zero-order valence-electron chi connectivity index (χ0n) is 14.2. The number of hydrogen-bond donors (Lipinski definition) is 0. The van der Waals surface area contributed by atoms with E-state index >= 15 is 0 Å². The summed E-state index contributed by atoms with van der Waals surface area (Å²) in [4.78, 5) is 35.2. The third-order valence-electron chi connectivity index (χ3n) is 4.77. The fourth-order valence-corrected chi connectivity index (χ4v) is 3.57. The zero-order chi connectivity index (χ0) is 18.5. The van der Waals surface area contributed by atoms with Gasteiger partial charge < -0.3 is 23.7 Å². The van der Waals surface area contributed by atoms with Crippen molar-refractivity contribution in [1.29, 1.82) is 0 Å². The van der Waals surface area contributed by atoms with E-state index in [1.165, 1.54) is 13.8 Å². The molecule has 0 bridgehead atoms. The smallest absolute Gasteiger partial charge is 0.338 e. The van der Waals surface area contributed by atoms with Gasteiger partial charge in [-0.25, -0.2) is 4.79 Å². The van der Waals surface area contributed by atoms with Gasteiger partial charge in [0.15, 0.2) is 17.8 Å². The van der Waals surface area contributed by atoms with E-state index in [4.69, 9.17) is 23.7 Å². The molecular weight excluding hydrogens is 344 g/mol. The minimum atomic E-state index is -1.06. The average molecular weight is 362 g/mol. The number of hydrogen-bond acceptors (Lipinski definition) is 8. The van der Waals surface area contributed by atoms with Crippen molar-refractivity contribution in [2.75, 3.05) is 6.61 Å². The quantitative estimate of drug-likeness (QED) is 0.427. The maximum Gasteiger partial charge on any atom is 0.338 e. The number of esters is 3. The van der Waals surface area contributed by atoms with E-state index in [1.807, 2.05) is 0 Å². The molecule has 4 rings (SSSR count). The van der Waals surface area contributed by atoms with Crippen LogP contribution in [0, 0.1) is 0 Å². The molecular formula is C18H18O8.